The molecular formula is C11H14Br2N2O2. The van der Waals surface area contributed by atoms with Crippen LogP contribution in [-0.4, -0.2) is 19.6 Å². The van der Waals surface area contributed by atoms with Crippen LogP contribution in [0.15, 0.2) is 21.1 Å². The molecule has 0 bridgehead atoms. The number of hydrogen-bond acceptors (Lipinski definition) is 3. The second-order valence-corrected chi connectivity index (χ2v) is 5.30. The molecule has 4 nitrogen and oxygen atoms in total. The molecule has 0 radical (unpaired) electrons. The quantitative estimate of drug-likeness (QED) is 0.862. The SMILES string of the molecule is COc1cc(NC(=O)C(C)CN)c(Br)cc1Br. The highest BCUT2D eigenvalue weighted by atomic mass is 79.9. The topological polar surface area (TPSA) is 64.3 Å². The van der Waals surface area contributed by atoms with Gasteiger partial charge in [0, 0.05) is 23.0 Å². The Morgan fingerprint density at radius 3 is 2.65 bits per heavy atom. The molecule has 0 saturated carbocycles. The van der Waals surface area contributed by atoms with Gasteiger partial charge in [-0.3, -0.25) is 4.79 Å². The van der Waals surface area contributed by atoms with Gasteiger partial charge >= 0.3 is 0 Å². The third-order valence-electron chi connectivity index (χ3n) is 2.30. The molecule has 0 saturated heterocycles. The lowest BCUT2D eigenvalue weighted by atomic mass is 10.1. The minimum absolute atomic E-state index is 0.113. The second kappa shape index (κ2) is 6.37. The molecule has 1 amide bonds. The Balaban J connectivity index is 2.95. The highest BCUT2D eigenvalue weighted by Crippen LogP contribution is 2.34. The number of nitrogens with two attached hydrogens (primary N) is 1. The molecule has 1 aromatic rings. The molecule has 1 rings (SSSR count). The predicted molar refractivity (Wildman–Crippen MR) is 75.2 cm³/mol. The molecule has 94 valence electrons. The Morgan fingerprint density at radius 1 is 1.47 bits per heavy atom. The minimum atomic E-state index is -0.225. The van der Waals surface area contributed by atoms with Gasteiger partial charge in [0.05, 0.1) is 17.3 Å². The fourth-order valence-corrected chi connectivity index (χ4v) is 2.40. The van der Waals surface area contributed by atoms with Crippen LogP contribution in [0.2, 0.25) is 0 Å². The molecule has 6 heteroatoms. The number of benzene rings is 1. The molecule has 17 heavy (non-hydrogen) atoms. The maximum Gasteiger partial charge on any atom is 0.228 e. The number of rotatable bonds is 4. The van der Waals surface area contributed by atoms with E-state index in [2.05, 4.69) is 37.2 Å². The highest BCUT2D eigenvalue weighted by molar-refractivity contribution is 9.11. The van der Waals surface area contributed by atoms with Crippen LogP contribution in [0.3, 0.4) is 0 Å². The smallest absolute Gasteiger partial charge is 0.228 e. The molecule has 0 fully saturated rings. The van der Waals surface area contributed by atoms with Crippen LogP contribution in [-0.2, 0) is 4.79 Å². The first-order chi connectivity index (χ1) is 7.99. The number of halogens is 2. The number of hydrogen-bond donors (Lipinski definition) is 2. The van der Waals surface area contributed by atoms with Crippen molar-refractivity contribution in [1.29, 1.82) is 0 Å². The van der Waals surface area contributed by atoms with Crippen molar-refractivity contribution in [2.75, 3.05) is 19.0 Å². The van der Waals surface area contributed by atoms with E-state index >= 15 is 0 Å². The van der Waals surface area contributed by atoms with Gasteiger partial charge in [-0.05, 0) is 37.9 Å². The van der Waals surface area contributed by atoms with Gasteiger partial charge in [-0.25, -0.2) is 0 Å². The number of methoxy groups -OCH3 is 1. The second-order valence-electron chi connectivity index (χ2n) is 3.59. The van der Waals surface area contributed by atoms with Crippen LogP contribution in [0.4, 0.5) is 5.69 Å². The molecule has 0 aliphatic rings. The lowest BCUT2D eigenvalue weighted by molar-refractivity contribution is -0.119. The van der Waals surface area contributed by atoms with E-state index < -0.39 is 0 Å². The first-order valence-electron chi connectivity index (χ1n) is 5.03. The zero-order valence-electron chi connectivity index (χ0n) is 9.59. The van der Waals surface area contributed by atoms with E-state index in [0.29, 0.717) is 18.0 Å². The Labute approximate surface area is 117 Å². The highest BCUT2D eigenvalue weighted by Gasteiger charge is 2.14. The standard InChI is InChI=1S/C11H14Br2N2O2/c1-6(5-14)11(16)15-9-4-10(17-2)8(13)3-7(9)12/h3-4,6H,5,14H2,1-2H3,(H,15,16). The van der Waals surface area contributed by atoms with E-state index in [0.717, 1.165) is 8.95 Å². The van der Waals surface area contributed by atoms with Crippen LogP contribution < -0.4 is 15.8 Å². The minimum Gasteiger partial charge on any atom is -0.495 e. The van der Waals surface area contributed by atoms with E-state index in [1.54, 1.807) is 20.1 Å². The monoisotopic (exact) mass is 364 g/mol. The van der Waals surface area contributed by atoms with E-state index in [-0.39, 0.29) is 11.8 Å². The molecule has 0 aliphatic heterocycles. The average Bonchev–Trinajstić information content (AvgIpc) is 2.31. The Kier molecular flexibility index (Phi) is 5.42. The van der Waals surface area contributed by atoms with Gasteiger partial charge in [0.25, 0.3) is 0 Å². The van der Waals surface area contributed by atoms with Crippen LogP contribution in [0.1, 0.15) is 6.92 Å². The van der Waals surface area contributed by atoms with Crippen molar-refractivity contribution in [3.8, 4) is 5.75 Å². The molecule has 1 aromatic carbocycles. The predicted octanol–water partition coefficient (Wildman–Crippen LogP) is 2.75. The van der Waals surface area contributed by atoms with E-state index in [1.807, 2.05) is 6.07 Å². The third kappa shape index (κ3) is 3.69. The fraction of sp³-hybridized carbons (Fsp3) is 0.364. The van der Waals surface area contributed by atoms with Crippen molar-refractivity contribution in [3.05, 3.63) is 21.1 Å². The van der Waals surface area contributed by atoms with Crippen molar-refractivity contribution in [2.24, 2.45) is 11.7 Å². The summed E-state index contributed by atoms with van der Waals surface area (Å²) in [6.45, 7) is 2.09. The summed E-state index contributed by atoms with van der Waals surface area (Å²) in [6, 6.07) is 3.57. The van der Waals surface area contributed by atoms with Crippen molar-refractivity contribution in [2.45, 2.75) is 6.92 Å². The van der Waals surface area contributed by atoms with Gasteiger partial charge in [-0.1, -0.05) is 6.92 Å². The van der Waals surface area contributed by atoms with Crippen molar-refractivity contribution in [1.82, 2.24) is 0 Å². The summed E-state index contributed by atoms with van der Waals surface area (Å²) in [7, 11) is 1.57. The first kappa shape index (κ1) is 14.5. The summed E-state index contributed by atoms with van der Waals surface area (Å²) in [5.74, 6) is 0.318. The molecule has 0 aliphatic carbocycles. The first-order valence-corrected chi connectivity index (χ1v) is 6.62. The number of nitrogens with one attached hydrogen (secondary N) is 1. The molecule has 0 spiro atoms. The normalized spacial score (nSPS) is 12.1. The van der Waals surface area contributed by atoms with Crippen molar-refractivity contribution < 1.29 is 9.53 Å². The van der Waals surface area contributed by atoms with Crippen molar-refractivity contribution >= 4 is 43.5 Å². The Hall–Kier alpha value is -0.590. The van der Waals surface area contributed by atoms with Gasteiger partial charge in [0.1, 0.15) is 5.75 Å². The molecule has 1 atom stereocenters. The maximum atomic E-state index is 11.7. The van der Waals surface area contributed by atoms with Crippen LogP contribution in [0.5, 0.6) is 5.75 Å². The zero-order valence-corrected chi connectivity index (χ0v) is 12.8. The summed E-state index contributed by atoms with van der Waals surface area (Å²) >= 11 is 6.74. The summed E-state index contributed by atoms with van der Waals surface area (Å²) < 4.78 is 6.76. The van der Waals surface area contributed by atoms with E-state index in [9.17, 15) is 4.79 Å². The number of ether oxygens (including phenoxy) is 1. The summed E-state index contributed by atoms with van der Waals surface area (Å²) in [5, 5.41) is 2.80. The molecule has 3 N–H and O–H groups in total. The van der Waals surface area contributed by atoms with Gasteiger partial charge in [-0.2, -0.15) is 0 Å². The Morgan fingerprint density at radius 2 is 2.12 bits per heavy atom. The van der Waals surface area contributed by atoms with Crippen LogP contribution in [0.25, 0.3) is 0 Å². The summed E-state index contributed by atoms with van der Waals surface area (Å²) in [5.41, 5.74) is 6.10. The molecular weight excluding hydrogens is 352 g/mol. The van der Waals surface area contributed by atoms with E-state index in [1.165, 1.54) is 0 Å². The number of amides is 1. The fourth-order valence-electron chi connectivity index (χ4n) is 1.14. The number of carbonyl (C=O) groups is 1. The maximum absolute atomic E-state index is 11.7. The largest absolute Gasteiger partial charge is 0.495 e. The summed E-state index contributed by atoms with van der Waals surface area (Å²) in [4.78, 5) is 11.7. The molecule has 1 unspecified atom stereocenters. The van der Waals surface area contributed by atoms with Crippen molar-refractivity contribution in [3.63, 3.8) is 0 Å². The summed E-state index contributed by atoms with van der Waals surface area (Å²) in [6.07, 6.45) is 0. The zero-order chi connectivity index (χ0) is 13.0. The lowest BCUT2D eigenvalue weighted by Crippen LogP contribution is -2.26. The third-order valence-corrected chi connectivity index (χ3v) is 3.58. The molecule has 0 aromatic heterocycles. The average molecular weight is 366 g/mol. The van der Waals surface area contributed by atoms with Gasteiger partial charge < -0.3 is 15.8 Å². The van der Waals surface area contributed by atoms with Gasteiger partial charge in [0.15, 0.2) is 0 Å². The van der Waals surface area contributed by atoms with Gasteiger partial charge in [0.2, 0.25) is 5.91 Å². The number of carbonyl (C=O) groups excluding carboxylic acids is 1. The molecule has 0 heterocycles. The number of anilines is 1. The van der Waals surface area contributed by atoms with Gasteiger partial charge in [-0.15, -0.1) is 0 Å². The Bertz CT molecular complexity index is 424. The van der Waals surface area contributed by atoms with Crippen LogP contribution in [0, 0.1) is 5.92 Å². The lowest BCUT2D eigenvalue weighted by Gasteiger charge is -2.13. The van der Waals surface area contributed by atoms with Crippen LogP contribution >= 0.6 is 31.9 Å². The van der Waals surface area contributed by atoms with E-state index in [4.69, 9.17) is 10.5 Å².